The molecule has 0 fully saturated rings. The van der Waals surface area contributed by atoms with Crippen LogP contribution in [0.25, 0.3) is 11.0 Å². The van der Waals surface area contributed by atoms with Crippen molar-refractivity contribution >= 4 is 32.8 Å². The maximum Gasteiger partial charge on any atom is 0.288 e. The zero-order chi connectivity index (χ0) is 19.8. The maximum atomic E-state index is 14.5. The van der Waals surface area contributed by atoms with E-state index in [1.807, 2.05) is 19.1 Å². The molecule has 0 bridgehead atoms. The number of benzene rings is 2. The Bertz CT molecular complexity index is 1180. The Morgan fingerprint density at radius 3 is 2.79 bits per heavy atom. The smallest absolute Gasteiger partial charge is 0.288 e. The van der Waals surface area contributed by atoms with Crippen molar-refractivity contribution in [3.05, 3.63) is 87.9 Å². The minimum absolute atomic E-state index is 0.198. The number of fused-ring (bicyclic) bond motifs is 1. The fraction of sp³-hybridized carbons (Fsp3) is 0.143. The van der Waals surface area contributed by atoms with Crippen molar-refractivity contribution in [3.63, 3.8) is 0 Å². The van der Waals surface area contributed by atoms with Gasteiger partial charge in [-0.05, 0) is 31.2 Å². The number of rotatable bonds is 4. The average Bonchev–Trinajstić information content (AvgIpc) is 3.24. The second-order valence-electron chi connectivity index (χ2n) is 6.52. The number of carbonyl (C=O) groups is 1. The van der Waals surface area contributed by atoms with Gasteiger partial charge in [-0.15, -0.1) is 0 Å². The molecule has 0 aliphatic heterocycles. The van der Waals surface area contributed by atoms with E-state index in [4.69, 9.17) is 4.42 Å². The summed E-state index contributed by atoms with van der Waals surface area (Å²) in [4.78, 5) is 17.3. The highest BCUT2D eigenvalue weighted by Crippen LogP contribution is 2.29. The Morgan fingerprint density at radius 1 is 1.29 bits per heavy atom. The highest BCUT2D eigenvalue weighted by atomic mass is 79.9. The predicted octanol–water partition coefficient (Wildman–Crippen LogP) is 4.90. The molecule has 5 nitrogen and oxygen atoms in total. The lowest BCUT2D eigenvalue weighted by molar-refractivity contribution is 0.0914. The minimum Gasteiger partial charge on any atom is -0.451 e. The number of halogens is 2. The number of carbonyl (C=O) groups excluding carboxylic acids is 1. The molecular weight excluding hydrogens is 425 g/mol. The van der Waals surface area contributed by atoms with Crippen LogP contribution in [0.15, 0.2) is 63.7 Å². The Kier molecular flexibility index (Phi) is 4.77. The van der Waals surface area contributed by atoms with Gasteiger partial charge in [0.05, 0.1) is 0 Å². The van der Waals surface area contributed by atoms with Crippen LogP contribution in [0.1, 0.15) is 33.5 Å². The Balaban J connectivity index is 1.75. The summed E-state index contributed by atoms with van der Waals surface area (Å²) < 4.78 is 22.9. The molecule has 0 aliphatic rings. The standard InChI is InChI=1S/C21H17BrFN3O2/c1-12-15-11-13(22)7-8-17(15)28-19(12)21(27)25-18(20-24-9-10-26(20)2)14-5-3-4-6-16(14)23/h3-11,18H,1-2H3,(H,25,27). The van der Waals surface area contributed by atoms with E-state index in [0.29, 0.717) is 17.0 Å². The molecule has 7 heteroatoms. The van der Waals surface area contributed by atoms with Crippen LogP contribution in [-0.4, -0.2) is 15.5 Å². The molecule has 1 unspecified atom stereocenters. The summed E-state index contributed by atoms with van der Waals surface area (Å²) in [5.74, 6) is -0.124. The Labute approximate surface area is 169 Å². The van der Waals surface area contributed by atoms with Gasteiger partial charge >= 0.3 is 0 Å². The lowest BCUT2D eigenvalue weighted by Crippen LogP contribution is -2.31. The molecule has 4 aromatic rings. The van der Waals surface area contributed by atoms with Crippen LogP contribution in [0.4, 0.5) is 4.39 Å². The first-order valence-electron chi connectivity index (χ1n) is 8.67. The normalized spacial score (nSPS) is 12.3. The zero-order valence-electron chi connectivity index (χ0n) is 15.2. The summed E-state index contributed by atoms with van der Waals surface area (Å²) in [5, 5.41) is 3.73. The summed E-state index contributed by atoms with van der Waals surface area (Å²) in [7, 11) is 1.80. The molecule has 1 atom stereocenters. The van der Waals surface area contributed by atoms with Gasteiger partial charge in [0.25, 0.3) is 5.91 Å². The van der Waals surface area contributed by atoms with Gasteiger partial charge in [-0.1, -0.05) is 34.1 Å². The fourth-order valence-electron chi connectivity index (χ4n) is 3.25. The molecule has 0 aliphatic carbocycles. The van der Waals surface area contributed by atoms with Crippen LogP contribution >= 0.6 is 15.9 Å². The van der Waals surface area contributed by atoms with Crippen LogP contribution in [0.3, 0.4) is 0 Å². The van der Waals surface area contributed by atoms with E-state index in [0.717, 1.165) is 15.4 Å². The van der Waals surface area contributed by atoms with Crippen molar-refractivity contribution < 1.29 is 13.6 Å². The number of furan rings is 1. The van der Waals surface area contributed by atoms with Gasteiger partial charge in [0.1, 0.15) is 23.3 Å². The first-order valence-corrected chi connectivity index (χ1v) is 9.46. The van der Waals surface area contributed by atoms with E-state index < -0.39 is 17.8 Å². The van der Waals surface area contributed by atoms with Crippen LogP contribution in [0.2, 0.25) is 0 Å². The molecule has 28 heavy (non-hydrogen) atoms. The number of hydrogen-bond donors (Lipinski definition) is 1. The topological polar surface area (TPSA) is 60.1 Å². The van der Waals surface area contributed by atoms with E-state index in [-0.39, 0.29) is 5.76 Å². The highest BCUT2D eigenvalue weighted by Gasteiger charge is 2.26. The van der Waals surface area contributed by atoms with Gasteiger partial charge in [0.2, 0.25) is 0 Å². The first-order chi connectivity index (χ1) is 13.5. The van der Waals surface area contributed by atoms with Crippen molar-refractivity contribution in [2.45, 2.75) is 13.0 Å². The van der Waals surface area contributed by atoms with Crippen molar-refractivity contribution in [3.8, 4) is 0 Å². The number of aryl methyl sites for hydroxylation is 2. The van der Waals surface area contributed by atoms with Crippen LogP contribution in [0.5, 0.6) is 0 Å². The molecule has 1 amide bonds. The quantitative estimate of drug-likeness (QED) is 0.490. The van der Waals surface area contributed by atoms with E-state index in [9.17, 15) is 9.18 Å². The van der Waals surface area contributed by atoms with Gasteiger partial charge in [0, 0.05) is 40.4 Å². The second-order valence-corrected chi connectivity index (χ2v) is 7.44. The van der Waals surface area contributed by atoms with Gasteiger partial charge in [0.15, 0.2) is 5.76 Å². The number of imidazole rings is 1. The van der Waals surface area contributed by atoms with Crippen LogP contribution in [-0.2, 0) is 7.05 Å². The number of hydrogen-bond acceptors (Lipinski definition) is 3. The van der Waals surface area contributed by atoms with E-state index in [1.54, 1.807) is 48.3 Å². The van der Waals surface area contributed by atoms with Crippen molar-refractivity contribution in [2.24, 2.45) is 7.05 Å². The molecular formula is C21H17BrFN3O2. The summed E-state index contributed by atoms with van der Waals surface area (Å²) >= 11 is 3.43. The average molecular weight is 442 g/mol. The third-order valence-electron chi connectivity index (χ3n) is 4.71. The van der Waals surface area contributed by atoms with E-state index in [2.05, 4.69) is 26.2 Å². The van der Waals surface area contributed by atoms with Gasteiger partial charge in [-0.2, -0.15) is 0 Å². The Morgan fingerprint density at radius 2 is 2.07 bits per heavy atom. The second kappa shape index (κ2) is 7.24. The lowest BCUT2D eigenvalue weighted by Gasteiger charge is -2.19. The van der Waals surface area contributed by atoms with Crippen molar-refractivity contribution in [2.75, 3.05) is 0 Å². The van der Waals surface area contributed by atoms with E-state index >= 15 is 0 Å². The summed E-state index contributed by atoms with van der Waals surface area (Å²) in [6.45, 7) is 1.83. The number of nitrogens with one attached hydrogen (secondary N) is 1. The minimum atomic E-state index is -0.756. The van der Waals surface area contributed by atoms with Crippen molar-refractivity contribution in [1.29, 1.82) is 0 Å². The number of amides is 1. The Hall–Kier alpha value is -2.93. The summed E-state index contributed by atoms with van der Waals surface area (Å²) in [6.07, 6.45) is 3.36. The number of nitrogens with zero attached hydrogens (tertiary/aromatic N) is 2. The summed E-state index contributed by atoms with van der Waals surface area (Å²) in [5.41, 5.74) is 1.67. The summed E-state index contributed by atoms with van der Waals surface area (Å²) in [6, 6.07) is 11.1. The van der Waals surface area contributed by atoms with Gasteiger partial charge in [-0.25, -0.2) is 9.37 Å². The van der Waals surface area contributed by atoms with Gasteiger partial charge < -0.3 is 14.3 Å². The highest BCUT2D eigenvalue weighted by molar-refractivity contribution is 9.10. The van der Waals surface area contributed by atoms with Crippen LogP contribution in [0, 0.1) is 12.7 Å². The molecule has 0 saturated carbocycles. The van der Waals surface area contributed by atoms with Crippen LogP contribution < -0.4 is 5.32 Å². The largest absolute Gasteiger partial charge is 0.451 e. The monoisotopic (exact) mass is 441 g/mol. The van der Waals surface area contributed by atoms with Gasteiger partial charge in [-0.3, -0.25) is 4.79 Å². The molecule has 2 heterocycles. The molecule has 0 radical (unpaired) electrons. The zero-order valence-corrected chi connectivity index (χ0v) is 16.8. The maximum absolute atomic E-state index is 14.5. The molecule has 2 aromatic heterocycles. The first kappa shape index (κ1) is 18.4. The van der Waals surface area contributed by atoms with E-state index in [1.165, 1.54) is 6.07 Å². The molecule has 2 aromatic carbocycles. The SMILES string of the molecule is Cc1c(C(=O)NC(c2ccccc2F)c2nccn2C)oc2ccc(Br)cc12. The molecule has 4 rings (SSSR count). The van der Waals surface area contributed by atoms with Crippen molar-refractivity contribution in [1.82, 2.24) is 14.9 Å². The lowest BCUT2D eigenvalue weighted by atomic mass is 10.0. The third kappa shape index (κ3) is 3.22. The molecule has 142 valence electrons. The molecule has 0 spiro atoms. The molecule has 1 N–H and O–H groups in total. The fourth-order valence-corrected chi connectivity index (χ4v) is 3.61. The third-order valence-corrected chi connectivity index (χ3v) is 5.21. The molecule has 0 saturated heterocycles. The predicted molar refractivity (Wildman–Crippen MR) is 108 cm³/mol. The number of aromatic nitrogens is 2.